The van der Waals surface area contributed by atoms with Crippen molar-refractivity contribution < 1.29 is 18.3 Å². The van der Waals surface area contributed by atoms with Gasteiger partial charge in [-0.3, -0.25) is 0 Å². The van der Waals surface area contributed by atoms with Crippen molar-refractivity contribution in [1.29, 1.82) is 0 Å². The Kier molecular flexibility index (Phi) is 3.35. The number of hydrogen-bond acceptors (Lipinski definition) is 2. The van der Waals surface area contributed by atoms with Crippen LogP contribution in [0.2, 0.25) is 0 Å². The van der Waals surface area contributed by atoms with Crippen LogP contribution in [0.15, 0.2) is 18.2 Å². The molecule has 0 saturated heterocycles. The van der Waals surface area contributed by atoms with Gasteiger partial charge in [0.05, 0.1) is 0 Å². The number of phenolic OH excluding ortho intramolecular Hbond substituents is 1. The lowest BCUT2D eigenvalue weighted by Gasteiger charge is -2.12. The predicted molar refractivity (Wildman–Crippen MR) is 45.6 cm³/mol. The van der Waals surface area contributed by atoms with Crippen LogP contribution < -0.4 is 5.73 Å². The van der Waals surface area contributed by atoms with Gasteiger partial charge in [-0.2, -0.15) is 0 Å². The Hall–Kier alpha value is -1.23. The van der Waals surface area contributed by atoms with Crippen LogP contribution in [0, 0.1) is 5.82 Å². The summed E-state index contributed by atoms with van der Waals surface area (Å²) < 4.78 is 36.6. The molecule has 3 N–H and O–H groups in total. The molecular formula is C9H10F3NO. The second kappa shape index (κ2) is 4.32. The highest BCUT2D eigenvalue weighted by Crippen LogP contribution is 2.26. The first-order valence-corrected chi connectivity index (χ1v) is 4.03. The Morgan fingerprint density at radius 1 is 1.36 bits per heavy atom. The maximum absolute atomic E-state index is 12.7. The van der Waals surface area contributed by atoms with Gasteiger partial charge in [0.15, 0.2) is 0 Å². The molecular weight excluding hydrogens is 195 g/mol. The third-order valence-corrected chi connectivity index (χ3v) is 1.82. The minimum Gasteiger partial charge on any atom is -0.508 e. The average Bonchev–Trinajstić information content (AvgIpc) is 2.08. The molecule has 0 spiro atoms. The lowest BCUT2D eigenvalue weighted by atomic mass is 10.0. The zero-order valence-electron chi connectivity index (χ0n) is 7.25. The highest BCUT2D eigenvalue weighted by Gasteiger charge is 2.16. The number of phenols is 1. The van der Waals surface area contributed by atoms with Gasteiger partial charge < -0.3 is 10.8 Å². The third-order valence-electron chi connectivity index (χ3n) is 1.82. The fraction of sp³-hybridized carbons (Fsp3) is 0.333. The largest absolute Gasteiger partial charge is 0.508 e. The van der Waals surface area contributed by atoms with Gasteiger partial charge in [0.2, 0.25) is 6.43 Å². The summed E-state index contributed by atoms with van der Waals surface area (Å²) in [4.78, 5) is 0. The Labute approximate surface area is 79.2 Å². The molecule has 0 saturated carbocycles. The number of nitrogens with two attached hydrogens (primary N) is 1. The molecule has 2 nitrogen and oxygen atoms in total. The van der Waals surface area contributed by atoms with Crippen LogP contribution in [0.5, 0.6) is 5.75 Å². The first-order chi connectivity index (χ1) is 6.50. The molecule has 0 unspecified atom stereocenters. The molecule has 78 valence electrons. The molecule has 0 aliphatic carbocycles. The van der Waals surface area contributed by atoms with Gasteiger partial charge in [0.25, 0.3) is 0 Å². The van der Waals surface area contributed by atoms with Crippen molar-refractivity contribution in [2.75, 3.05) is 0 Å². The van der Waals surface area contributed by atoms with Crippen molar-refractivity contribution in [3.8, 4) is 5.75 Å². The minimum absolute atomic E-state index is 0.00491. The number of alkyl halides is 2. The molecule has 0 fully saturated rings. The van der Waals surface area contributed by atoms with Crippen LogP contribution in [0.3, 0.4) is 0 Å². The lowest BCUT2D eigenvalue weighted by Crippen LogP contribution is -2.14. The molecule has 1 aromatic carbocycles. The first-order valence-electron chi connectivity index (χ1n) is 4.03. The SMILES string of the molecule is N[C@@H](CC(F)F)c1cc(F)ccc1O. The van der Waals surface area contributed by atoms with E-state index in [4.69, 9.17) is 5.73 Å². The van der Waals surface area contributed by atoms with E-state index >= 15 is 0 Å². The summed E-state index contributed by atoms with van der Waals surface area (Å²) in [6.45, 7) is 0. The summed E-state index contributed by atoms with van der Waals surface area (Å²) in [5, 5.41) is 9.23. The van der Waals surface area contributed by atoms with Crippen molar-refractivity contribution in [3.63, 3.8) is 0 Å². The normalized spacial score (nSPS) is 13.2. The fourth-order valence-corrected chi connectivity index (χ4v) is 1.14. The van der Waals surface area contributed by atoms with Gasteiger partial charge in [0.1, 0.15) is 11.6 Å². The molecule has 14 heavy (non-hydrogen) atoms. The molecule has 0 bridgehead atoms. The highest BCUT2D eigenvalue weighted by molar-refractivity contribution is 5.34. The number of benzene rings is 1. The third kappa shape index (κ3) is 2.63. The molecule has 0 radical (unpaired) electrons. The molecule has 0 aromatic heterocycles. The molecule has 0 aliphatic rings. The highest BCUT2D eigenvalue weighted by atomic mass is 19.3. The van der Waals surface area contributed by atoms with E-state index in [9.17, 15) is 18.3 Å². The van der Waals surface area contributed by atoms with Gasteiger partial charge in [0, 0.05) is 18.0 Å². The summed E-state index contributed by atoms with van der Waals surface area (Å²) in [5.74, 6) is -0.873. The van der Waals surface area contributed by atoms with E-state index < -0.39 is 24.7 Å². The van der Waals surface area contributed by atoms with E-state index in [2.05, 4.69) is 0 Å². The van der Waals surface area contributed by atoms with Crippen LogP contribution in [0.25, 0.3) is 0 Å². The van der Waals surface area contributed by atoms with Gasteiger partial charge in [-0.05, 0) is 18.2 Å². The second-order valence-corrected chi connectivity index (χ2v) is 2.94. The summed E-state index contributed by atoms with van der Waals surface area (Å²) in [5.41, 5.74) is 5.36. The van der Waals surface area contributed by atoms with E-state index in [1.165, 1.54) is 0 Å². The summed E-state index contributed by atoms with van der Waals surface area (Å²) in [7, 11) is 0. The van der Waals surface area contributed by atoms with Crippen molar-refractivity contribution in [1.82, 2.24) is 0 Å². The Morgan fingerprint density at radius 2 is 2.00 bits per heavy atom. The number of halogens is 3. The van der Waals surface area contributed by atoms with Crippen LogP contribution in [-0.4, -0.2) is 11.5 Å². The Morgan fingerprint density at radius 3 is 2.57 bits per heavy atom. The molecule has 1 rings (SSSR count). The minimum atomic E-state index is -2.58. The Bertz CT molecular complexity index is 317. The number of hydrogen-bond donors (Lipinski definition) is 2. The van der Waals surface area contributed by atoms with Crippen molar-refractivity contribution >= 4 is 0 Å². The smallest absolute Gasteiger partial charge is 0.240 e. The molecule has 0 heterocycles. The molecule has 5 heteroatoms. The summed E-state index contributed by atoms with van der Waals surface area (Å²) in [6, 6.07) is 2.04. The van der Waals surface area contributed by atoms with E-state index in [-0.39, 0.29) is 11.3 Å². The topological polar surface area (TPSA) is 46.2 Å². The van der Waals surface area contributed by atoms with Crippen LogP contribution in [-0.2, 0) is 0 Å². The van der Waals surface area contributed by atoms with E-state index in [0.717, 1.165) is 18.2 Å². The zero-order valence-corrected chi connectivity index (χ0v) is 7.25. The van der Waals surface area contributed by atoms with Gasteiger partial charge in [-0.1, -0.05) is 0 Å². The van der Waals surface area contributed by atoms with E-state index in [0.29, 0.717) is 0 Å². The van der Waals surface area contributed by atoms with E-state index in [1.807, 2.05) is 0 Å². The summed E-state index contributed by atoms with van der Waals surface area (Å²) >= 11 is 0. The standard InChI is InChI=1S/C9H10F3NO/c10-5-1-2-8(14)6(3-5)7(13)4-9(11)12/h1-3,7,9,14H,4,13H2/t7-/m0/s1. The molecule has 0 amide bonds. The van der Waals surface area contributed by atoms with Crippen LogP contribution in [0.1, 0.15) is 18.0 Å². The Balaban J connectivity index is 2.88. The first kappa shape index (κ1) is 10.8. The molecule has 1 aromatic rings. The fourth-order valence-electron chi connectivity index (χ4n) is 1.14. The number of aromatic hydroxyl groups is 1. The van der Waals surface area contributed by atoms with Crippen LogP contribution >= 0.6 is 0 Å². The summed E-state index contributed by atoms with van der Waals surface area (Å²) in [6.07, 6.45) is -3.18. The monoisotopic (exact) mass is 205 g/mol. The van der Waals surface area contributed by atoms with Crippen molar-refractivity contribution in [3.05, 3.63) is 29.6 Å². The maximum atomic E-state index is 12.7. The predicted octanol–water partition coefficient (Wildman–Crippen LogP) is 2.19. The maximum Gasteiger partial charge on any atom is 0.240 e. The number of rotatable bonds is 3. The average molecular weight is 205 g/mol. The molecule has 0 aliphatic heterocycles. The quantitative estimate of drug-likeness (QED) is 0.794. The zero-order chi connectivity index (χ0) is 10.7. The van der Waals surface area contributed by atoms with Gasteiger partial charge in [-0.15, -0.1) is 0 Å². The van der Waals surface area contributed by atoms with Crippen LogP contribution in [0.4, 0.5) is 13.2 Å². The second-order valence-electron chi connectivity index (χ2n) is 2.94. The van der Waals surface area contributed by atoms with Gasteiger partial charge in [-0.25, -0.2) is 13.2 Å². The molecule has 1 atom stereocenters. The van der Waals surface area contributed by atoms with Crippen molar-refractivity contribution in [2.45, 2.75) is 18.9 Å². The van der Waals surface area contributed by atoms with Gasteiger partial charge >= 0.3 is 0 Å². The van der Waals surface area contributed by atoms with Crippen molar-refractivity contribution in [2.24, 2.45) is 5.73 Å². The lowest BCUT2D eigenvalue weighted by molar-refractivity contribution is 0.128. The van der Waals surface area contributed by atoms with E-state index in [1.54, 1.807) is 0 Å².